The predicted octanol–water partition coefficient (Wildman–Crippen LogP) is 3.58. The maximum absolute atomic E-state index is 12.1. The van der Waals surface area contributed by atoms with Gasteiger partial charge in [-0.25, -0.2) is 0 Å². The number of ether oxygens (including phenoxy) is 1. The molecule has 0 atom stereocenters. The van der Waals surface area contributed by atoms with Crippen molar-refractivity contribution in [1.29, 1.82) is 0 Å². The molecule has 0 unspecified atom stereocenters. The van der Waals surface area contributed by atoms with Gasteiger partial charge in [-0.2, -0.15) is 5.10 Å². The second kappa shape index (κ2) is 6.15. The molecule has 0 N–H and O–H groups in total. The second-order valence-corrected chi connectivity index (χ2v) is 6.37. The van der Waals surface area contributed by atoms with Crippen LogP contribution in [0.4, 0.5) is 0 Å². The molecule has 1 aliphatic rings. The van der Waals surface area contributed by atoms with E-state index in [-0.39, 0.29) is 5.97 Å². The molecule has 1 aromatic carbocycles. The van der Waals surface area contributed by atoms with Gasteiger partial charge in [0.15, 0.2) is 0 Å². The van der Waals surface area contributed by atoms with Gasteiger partial charge in [0.25, 0.3) is 0 Å². The van der Waals surface area contributed by atoms with Crippen molar-refractivity contribution in [1.82, 2.24) is 9.78 Å². The highest BCUT2D eigenvalue weighted by Gasteiger charge is 2.18. The van der Waals surface area contributed by atoms with E-state index in [0.717, 1.165) is 35.1 Å². The fourth-order valence-electron chi connectivity index (χ4n) is 3.34. The molecule has 0 saturated carbocycles. The molecule has 2 aromatic heterocycles. The Morgan fingerprint density at radius 3 is 3.04 bits per heavy atom. The van der Waals surface area contributed by atoms with Gasteiger partial charge < -0.3 is 9.15 Å². The van der Waals surface area contributed by atoms with Gasteiger partial charge in [-0.05, 0) is 49.4 Å². The molecule has 0 fully saturated rings. The maximum atomic E-state index is 12.1. The number of furan rings is 1. The van der Waals surface area contributed by atoms with E-state index in [0.29, 0.717) is 18.6 Å². The molecule has 3 aromatic rings. The zero-order valence-corrected chi connectivity index (χ0v) is 13.7. The summed E-state index contributed by atoms with van der Waals surface area (Å²) in [5.74, 6) is 1.46. The third-order valence-electron chi connectivity index (χ3n) is 4.53. The van der Waals surface area contributed by atoms with E-state index in [1.807, 2.05) is 25.4 Å². The van der Waals surface area contributed by atoms with E-state index in [1.165, 1.54) is 18.4 Å². The van der Waals surface area contributed by atoms with Gasteiger partial charge in [0, 0.05) is 30.6 Å². The molecule has 124 valence electrons. The van der Waals surface area contributed by atoms with Crippen molar-refractivity contribution in [3.63, 3.8) is 0 Å². The van der Waals surface area contributed by atoms with Crippen LogP contribution in [-0.2, 0) is 31.1 Å². The fraction of sp³-hybridized carbons (Fsp3) is 0.368. The minimum atomic E-state index is -0.226. The topological polar surface area (TPSA) is 57.3 Å². The lowest BCUT2D eigenvalue weighted by Gasteiger charge is -2.09. The molecule has 1 aliphatic carbocycles. The highest BCUT2D eigenvalue weighted by Crippen LogP contribution is 2.34. The van der Waals surface area contributed by atoms with Gasteiger partial charge >= 0.3 is 5.97 Å². The van der Waals surface area contributed by atoms with Crippen LogP contribution in [0.5, 0.6) is 5.75 Å². The quantitative estimate of drug-likeness (QED) is 0.544. The molecule has 0 bridgehead atoms. The minimum Gasteiger partial charge on any atom is -0.461 e. The lowest BCUT2D eigenvalue weighted by atomic mass is 9.96. The number of carbonyl (C=O) groups excluding carboxylic acids is 1. The lowest BCUT2D eigenvalue weighted by molar-refractivity contribution is -0.134. The van der Waals surface area contributed by atoms with Gasteiger partial charge in [-0.3, -0.25) is 9.48 Å². The Bertz CT molecular complexity index is 891. The summed E-state index contributed by atoms with van der Waals surface area (Å²) in [7, 11) is 1.86. The molecular formula is C19H20N2O3. The van der Waals surface area contributed by atoms with Gasteiger partial charge in [0.2, 0.25) is 0 Å². The number of carbonyl (C=O) groups is 1. The van der Waals surface area contributed by atoms with Crippen LogP contribution in [0.25, 0.3) is 11.0 Å². The summed E-state index contributed by atoms with van der Waals surface area (Å²) < 4.78 is 13.1. The Morgan fingerprint density at radius 2 is 2.21 bits per heavy atom. The number of rotatable bonds is 4. The number of aromatic nitrogens is 2. The third kappa shape index (κ3) is 2.94. The first-order chi connectivity index (χ1) is 11.7. The smallest absolute Gasteiger partial charge is 0.311 e. The summed E-state index contributed by atoms with van der Waals surface area (Å²) in [6.45, 7) is 0. The summed E-state index contributed by atoms with van der Waals surface area (Å²) >= 11 is 0. The van der Waals surface area contributed by atoms with Crippen molar-refractivity contribution in [2.24, 2.45) is 7.05 Å². The number of esters is 1. The molecule has 0 aliphatic heterocycles. The summed E-state index contributed by atoms with van der Waals surface area (Å²) in [6.07, 6.45) is 9.09. The van der Waals surface area contributed by atoms with Crippen LogP contribution < -0.4 is 4.74 Å². The average Bonchev–Trinajstić information content (AvgIpc) is 3.16. The second-order valence-electron chi connectivity index (χ2n) is 6.37. The zero-order chi connectivity index (χ0) is 16.5. The Hall–Kier alpha value is -2.56. The Balaban J connectivity index is 1.46. The van der Waals surface area contributed by atoms with Gasteiger partial charge in [-0.1, -0.05) is 0 Å². The van der Waals surface area contributed by atoms with Crippen LogP contribution in [-0.4, -0.2) is 15.7 Å². The van der Waals surface area contributed by atoms with E-state index in [9.17, 15) is 4.79 Å². The van der Waals surface area contributed by atoms with Crippen molar-refractivity contribution in [3.05, 3.63) is 47.5 Å². The molecular weight excluding hydrogens is 304 g/mol. The highest BCUT2D eigenvalue weighted by atomic mass is 16.5. The first-order valence-electron chi connectivity index (χ1n) is 8.41. The first kappa shape index (κ1) is 15.0. The van der Waals surface area contributed by atoms with E-state index >= 15 is 0 Å². The largest absolute Gasteiger partial charge is 0.461 e. The molecule has 5 nitrogen and oxygen atoms in total. The standard InChI is InChI=1S/C19H20N2O3/c1-21-12-13(11-20-21)6-9-19(22)23-14-7-8-18-16(10-14)15-4-2-3-5-17(15)24-18/h7-8,10-12H,2-6,9H2,1H3. The molecule has 0 saturated heterocycles. The van der Waals surface area contributed by atoms with Crippen LogP contribution in [0.2, 0.25) is 0 Å². The van der Waals surface area contributed by atoms with Gasteiger partial charge in [0.1, 0.15) is 17.1 Å². The molecule has 2 heterocycles. The Morgan fingerprint density at radius 1 is 1.33 bits per heavy atom. The minimum absolute atomic E-state index is 0.226. The van der Waals surface area contributed by atoms with Crippen LogP contribution in [0.3, 0.4) is 0 Å². The maximum Gasteiger partial charge on any atom is 0.311 e. The predicted molar refractivity (Wildman–Crippen MR) is 90.0 cm³/mol. The lowest BCUT2D eigenvalue weighted by Crippen LogP contribution is -2.08. The molecule has 0 radical (unpaired) electrons. The van der Waals surface area contributed by atoms with Crippen LogP contribution in [0.15, 0.2) is 35.0 Å². The summed E-state index contributed by atoms with van der Waals surface area (Å²) in [5.41, 5.74) is 3.20. The van der Waals surface area contributed by atoms with Crippen molar-refractivity contribution >= 4 is 16.9 Å². The summed E-state index contributed by atoms with van der Waals surface area (Å²) in [4.78, 5) is 12.1. The summed E-state index contributed by atoms with van der Waals surface area (Å²) in [6, 6.07) is 5.64. The van der Waals surface area contributed by atoms with Crippen LogP contribution in [0, 0.1) is 0 Å². The normalized spacial score (nSPS) is 13.9. The monoisotopic (exact) mass is 324 g/mol. The number of hydrogen-bond acceptors (Lipinski definition) is 4. The number of benzene rings is 1. The van der Waals surface area contributed by atoms with E-state index < -0.39 is 0 Å². The summed E-state index contributed by atoms with van der Waals surface area (Å²) in [5, 5.41) is 5.19. The molecule has 24 heavy (non-hydrogen) atoms. The number of aryl methyl sites for hydroxylation is 4. The van der Waals surface area contributed by atoms with Crippen molar-refractivity contribution in [2.75, 3.05) is 0 Å². The van der Waals surface area contributed by atoms with Crippen molar-refractivity contribution in [2.45, 2.75) is 38.5 Å². The Labute approximate surface area is 140 Å². The molecule has 5 heteroatoms. The van der Waals surface area contributed by atoms with Gasteiger partial charge in [0.05, 0.1) is 12.6 Å². The molecule has 0 amide bonds. The van der Waals surface area contributed by atoms with Crippen LogP contribution >= 0.6 is 0 Å². The fourth-order valence-corrected chi connectivity index (χ4v) is 3.34. The van der Waals surface area contributed by atoms with E-state index in [2.05, 4.69) is 5.10 Å². The van der Waals surface area contributed by atoms with Crippen LogP contribution in [0.1, 0.15) is 36.1 Å². The molecule has 0 spiro atoms. The van der Waals surface area contributed by atoms with Crippen molar-refractivity contribution in [3.8, 4) is 5.75 Å². The van der Waals surface area contributed by atoms with Gasteiger partial charge in [-0.15, -0.1) is 0 Å². The Kier molecular flexibility index (Phi) is 3.84. The zero-order valence-electron chi connectivity index (χ0n) is 13.7. The average molecular weight is 324 g/mol. The number of fused-ring (bicyclic) bond motifs is 3. The number of hydrogen-bond donors (Lipinski definition) is 0. The van der Waals surface area contributed by atoms with Crippen molar-refractivity contribution < 1.29 is 13.9 Å². The molecule has 4 rings (SSSR count). The van der Waals surface area contributed by atoms with E-state index in [4.69, 9.17) is 9.15 Å². The first-order valence-corrected chi connectivity index (χ1v) is 8.41. The van der Waals surface area contributed by atoms with E-state index in [1.54, 1.807) is 16.9 Å². The third-order valence-corrected chi connectivity index (χ3v) is 4.53. The SMILES string of the molecule is Cn1cc(CCC(=O)Oc2ccc3oc4c(c3c2)CCCC4)cn1. The highest BCUT2D eigenvalue weighted by molar-refractivity contribution is 5.85. The number of nitrogens with zero attached hydrogens (tertiary/aromatic N) is 2.